The highest BCUT2D eigenvalue weighted by Crippen LogP contribution is 2.27. The van der Waals surface area contributed by atoms with Gasteiger partial charge in [-0.05, 0) is 30.2 Å². The summed E-state index contributed by atoms with van der Waals surface area (Å²) in [6.07, 6.45) is 0. The van der Waals surface area contributed by atoms with Crippen LogP contribution in [0.15, 0.2) is 54.6 Å². The van der Waals surface area contributed by atoms with Gasteiger partial charge in [-0.2, -0.15) is 0 Å². The monoisotopic (exact) mass is 327 g/mol. The van der Waals surface area contributed by atoms with Gasteiger partial charge in [-0.15, -0.1) is 0 Å². The summed E-state index contributed by atoms with van der Waals surface area (Å²) in [4.78, 5) is 14.8. The van der Waals surface area contributed by atoms with Gasteiger partial charge in [-0.1, -0.05) is 42.5 Å². The van der Waals surface area contributed by atoms with Gasteiger partial charge in [0.15, 0.2) is 0 Å². The van der Waals surface area contributed by atoms with Crippen molar-refractivity contribution in [3.8, 4) is 0 Å². The van der Waals surface area contributed by atoms with Gasteiger partial charge in [0.1, 0.15) is 5.82 Å². The van der Waals surface area contributed by atoms with E-state index in [-0.39, 0.29) is 23.7 Å². The number of rotatable bonds is 5. The van der Waals surface area contributed by atoms with Crippen molar-refractivity contribution in [1.29, 1.82) is 0 Å². The molecule has 2 atom stereocenters. The molecule has 2 N–H and O–H groups in total. The quantitative estimate of drug-likeness (QED) is 0.887. The van der Waals surface area contributed by atoms with Crippen LogP contribution >= 0.6 is 0 Å². The van der Waals surface area contributed by atoms with Crippen LogP contribution in [0.3, 0.4) is 0 Å². The Kier molecular flexibility index (Phi) is 5.23. The molecule has 0 radical (unpaired) electrons. The fourth-order valence-electron chi connectivity index (χ4n) is 3.14. The van der Waals surface area contributed by atoms with Crippen LogP contribution in [0.1, 0.15) is 24.1 Å². The van der Waals surface area contributed by atoms with Crippen LogP contribution in [-0.4, -0.2) is 23.9 Å². The summed E-state index contributed by atoms with van der Waals surface area (Å²) in [6, 6.07) is 16.3. The zero-order chi connectivity index (χ0) is 16.9. The maximum atomic E-state index is 13.4. The zero-order valence-corrected chi connectivity index (χ0v) is 13.7. The zero-order valence-electron chi connectivity index (χ0n) is 13.7. The third kappa shape index (κ3) is 3.63. The van der Waals surface area contributed by atoms with Crippen molar-refractivity contribution in [3.05, 3.63) is 71.5 Å². The maximum Gasteiger partial charge on any atom is 0.229 e. The van der Waals surface area contributed by atoms with Gasteiger partial charge >= 0.3 is 0 Å². The van der Waals surface area contributed by atoms with E-state index < -0.39 is 0 Å². The lowest BCUT2D eigenvalue weighted by Crippen LogP contribution is -2.38. The molecule has 1 fully saturated rings. The Hall–Kier alpha value is -2.24. The molecule has 0 aromatic heterocycles. The summed E-state index contributed by atoms with van der Waals surface area (Å²) >= 11 is 0. The third-order valence-electron chi connectivity index (χ3n) is 4.41. The summed E-state index contributed by atoms with van der Waals surface area (Å²) in [5, 5.41) is 0. The van der Waals surface area contributed by atoms with E-state index in [4.69, 9.17) is 0 Å². The molecule has 24 heavy (non-hydrogen) atoms. The predicted octanol–water partition coefficient (Wildman–Crippen LogP) is 2.64. The second-order valence-electron chi connectivity index (χ2n) is 6.00. The van der Waals surface area contributed by atoms with E-state index in [1.807, 2.05) is 43.3 Å². The summed E-state index contributed by atoms with van der Waals surface area (Å²) in [5.74, 6) is -0.378. The second-order valence-corrected chi connectivity index (χ2v) is 6.00. The van der Waals surface area contributed by atoms with Gasteiger partial charge < -0.3 is 4.90 Å². The number of carbonyl (C=O) groups excluding carboxylic acids is 1. The molecule has 126 valence electrons. The van der Waals surface area contributed by atoms with Crippen LogP contribution in [0.4, 0.5) is 4.39 Å². The molecule has 4 nitrogen and oxygen atoms in total. The molecule has 5 heteroatoms. The normalized spacial score (nSPS) is 20.1. The Morgan fingerprint density at radius 2 is 2.00 bits per heavy atom. The van der Waals surface area contributed by atoms with Gasteiger partial charge in [0.25, 0.3) is 0 Å². The van der Waals surface area contributed by atoms with Crippen LogP contribution in [0.2, 0.25) is 0 Å². The first-order chi connectivity index (χ1) is 11.7. The Bertz CT molecular complexity index is 692. The first-order valence-corrected chi connectivity index (χ1v) is 8.25. The molecule has 1 amide bonds. The molecule has 0 saturated carbocycles. The molecule has 2 aromatic carbocycles. The smallest absolute Gasteiger partial charge is 0.229 e. The summed E-state index contributed by atoms with van der Waals surface area (Å²) in [7, 11) is 0. The molecule has 0 bridgehead atoms. The number of amides is 1. The minimum Gasteiger partial charge on any atom is -0.338 e. The number of nitrogens with zero attached hydrogens (tertiary/aromatic N) is 1. The van der Waals surface area contributed by atoms with Crippen molar-refractivity contribution in [2.24, 2.45) is 5.92 Å². The molecule has 2 unspecified atom stereocenters. The molecular formula is C19H22FN3O. The predicted molar refractivity (Wildman–Crippen MR) is 91.3 cm³/mol. The van der Waals surface area contributed by atoms with Crippen LogP contribution < -0.4 is 10.9 Å². The highest BCUT2D eigenvalue weighted by Gasteiger charge is 2.36. The lowest BCUT2D eigenvalue weighted by atomic mass is 9.93. The number of carbonyl (C=O) groups is 1. The highest BCUT2D eigenvalue weighted by atomic mass is 19.1. The lowest BCUT2D eigenvalue weighted by Gasteiger charge is -2.27. The van der Waals surface area contributed by atoms with E-state index >= 15 is 0 Å². The molecule has 0 aliphatic carbocycles. The number of nitrogens with one attached hydrogen (secondary N) is 2. The molecule has 1 aliphatic rings. The van der Waals surface area contributed by atoms with Crippen molar-refractivity contribution in [1.82, 2.24) is 15.8 Å². The maximum absolute atomic E-state index is 13.4. The van der Waals surface area contributed by atoms with Crippen molar-refractivity contribution in [2.75, 3.05) is 13.1 Å². The lowest BCUT2D eigenvalue weighted by molar-refractivity contribution is -0.135. The highest BCUT2D eigenvalue weighted by molar-refractivity contribution is 5.80. The van der Waals surface area contributed by atoms with E-state index in [1.165, 1.54) is 12.1 Å². The molecule has 3 rings (SSSR count). The number of halogens is 1. The largest absolute Gasteiger partial charge is 0.338 e. The van der Waals surface area contributed by atoms with Crippen LogP contribution in [-0.2, 0) is 11.3 Å². The molecule has 1 heterocycles. The van der Waals surface area contributed by atoms with Crippen molar-refractivity contribution >= 4 is 5.91 Å². The minimum atomic E-state index is -0.276. The Balaban J connectivity index is 1.75. The standard InChI is InChI=1S/C19H22FN3O/c1-2-23(13-14-7-6-10-16(20)11-14)19(24)17-12-21-22-18(17)15-8-4-3-5-9-15/h3-11,17-18,21-22H,2,12-13H2,1H3. The van der Waals surface area contributed by atoms with Crippen molar-refractivity contribution < 1.29 is 9.18 Å². The van der Waals surface area contributed by atoms with Gasteiger partial charge in [-0.25, -0.2) is 9.82 Å². The fraction of sp³-hybridized carbons (Fsp3) is 0.316. The number of benzene rings is 2. The third-order valence-corrected chi connectivity index (χ3v) is 4.41. The van der Waals surface area contributed by atoms with Gasteiger partial charge in [0.2, 0.25) is 5.91 Å². The molecule has 0 spiro atoms. The van der Waals surface area contributed by atoms with Crippen molar-refractivity contribution in [3.63, 3.8) is 0 Å². The number of hydrogen-bond acceptors (Lipinski definition) is 3. The molecule has 1 aliphatic heterocycles. The molecule has 2 aromatic rings. The summed E-state index contributed by atoms with van der Waals surface area (Å²) in [5.41, 5.74) is 8.19. The van der Waals surface area contributed by atoms with Crippen molar-refractivity contribution in [2.45, 2.75) is 19.5 Å². The molecule has 1 saturated heterocycles. The van der Waals surface area contributed by atoms with Crippen LogP contribution in [0.25, 0.3) is 0 Å². The molecular weight excluding hydrogens is 305 g/mol. The SMILES string of the molecule is CCN(Cc1cccc(F)c1)C(=O)C1CNNC1c1ccccc1. The number of hydrazine groups is 1. The van der Waals surface area contributed by atoms with E-state index in [0.29, 0.717) is 19.6 Å². The summed E-state index contributed by atoms with van der Waals surface area (Å²) in [6.45, 7) is 3.54. The number of hydrogen-bond donors (Lipinski definition) is 2. The van der Waals surface area contributed by atoms with E-state index in [9.17, 15) is 9.18 Å². The van der Waals surface area contributed by atoms with E-state index in [2.05, 4.69) is 10.9 Å². The topological polar surface area (TPSA) is 44.4 Å². The van der Waals surface area contributed by atoms with Crippen LogP contribution in [0, 0.1) is 11.7 Å². The summed E-state index contributed by atoms with van der Waals surface area (Å²) < 4.78 is 13.4. The second kappa shape index (κ2) is 7.55. The van der Waals surface area contributed by atoms with Gasteiger partial charge in [0, 0.05) is 19.6 Å². The van der Waals surface area contributed by atoms with Gasteiger partial charge in [-0.3, -0.25) is 10.2 Å². The Morgan fingerprint density at radius 3 is 2.71 bits per heavy atom. The van der Waals surface area contributed by atoms with Crippen LogP contribution in [0.5, 0.6) is 0 Å². The minimum absolute atomic E-state index is 0.0553. The van der Waals surface area contributed by atoms with E-state index in [1.54, 1.807) is 11.0 Å². The Morgan fingerprint density at radius 1 is 1.21 bits per heavy atom. The van der Waals surface area contributed by atoms with E-state index in [0.717, 1.165) is 11.1 Å². The first kappa shape index (κ1) is 16.6. The average Bonchev–Trinajstić information content (AvgIpc) is 3.09. The average molecular weight is 327 g/mol. The van der Waals surface area contributed by atoms with Gasteiger partial charge in [0.05, 0.1) is 12.0 Å². The first-order valence-electron chi connectivity index (χ1n) is 8.25. The fourth-order valence-corrected chi connectivity index (χ4v) is 3.14. The Labute approximate surface area is 141 Å².